The highest BCUT2D eigenvalue weighted by Crippen LogP contribution is 2.44. The van der Waals surface area contributed by atoms with E-state index >= 15 is 0 Å². The molecule has 2 fully saturated rings. The smallest absolute Gasteiger partial charge is 0.241 e. The second-order valence-corrected chi connectivity index (χ2v) is 10.4. The lowest BCUT2D eigenvalue weighted by atomic mass is 9.67. The molecule has 2 aliphatic rings. The van der Waals surface area contributed by atoms with Crippen LogP contribution in [0.3, 0.4) is 0 Å². The lowest BCUT2D eigenvalue weighted by molar-refractivity contribution is -0.117. The zero-order valence-electron chi connectivity index (χ0n) is 15.6. The topological polar surface area (TPSA) is 64.4 Å². The van der Waals surface area contributed by atoms with Gasteiger partial charge in [0, 0.05) is 18.6 Å². The first-order valence-corrected chi connectivity index (χ1v) is 10.7. The predicted molar refractivity (Wildman–Crippen MR) is 104 cm³/mol. The second-order valence-electron chi connectivity index (χ2n) is 8.06. The molecule has 1 aromatic rings. The number of aromatic nitrogens is 1. The van der Waals surface area contributed by atoms with Gasteiger partial charge < -0.3 is 9.26 Å². The number of ether oxygens (including phenoxy) is 1. The van der Waals surface area contributed by atoms with E-state index in [4.69, 9.17) is 9.26 Å². The van der Waals surface area contributed by atoms with Gasteiger partial charge in [0.1, 0.15) is 0 Å². The molecular formula is C19H30N2O3S. The van der Waals surface area contributed by atoms with Crippen molar-refractivity contribution >= 4 is 28.1 Å². The molecule has 0 saturated heterocycles. The minimum atomic E-state index is -0.511. The van der Waals surface area contributed by atoms with Gasteiger partial charge in [0.2, 0.25) is 11.8 Å². The molecule has 0 aromatic carbocycles. The molecule has 1 unspecified atom stereocenters. The highest BCUT2D eigenvalue weighted by molar-refractivity contribution is 8.15. The van der Waals surface area contributed by atoms with Crippen LogP contribution in [0.5, 0.6) is 0 Å². The van der Waals surface area contributed by atoms with Crippen molar-refractivity contribution < 1.29 is 14.1 Å². The molecule has 5 nitrogen and oxygen atoms in total. The van der Waals surface area contributed by atoms with Gasteiger partial charge in [0.15, 0.2) is 0 Å². The summed E-state index contributed by atoms with van der Waals surface area (Å²) in [6.07, 6.45) is 7.16. The largest absolute Gasteiger partial charge is 0.384 e. The molecule has 1 aromatic heterocycles. The van der Waals surface area contributed by atoms with E-state index in [-0.39, 0.29) is 21.8 Å². The van der Waals surface area contributed by atoms with Crippen molar-refractivity contribution in [1.82, 2.24) is 5.16 Å². The Morgan fingerprint density at radius 2 is 2.20 bits per heavy atom. The van der Waals surface area contributed by atoms with Crippen molar-refractivity contribution in [3.8, 4) is 0 Å². The van der Waals surface area contributed by atoms with E-state index in [0.29, 0.717) is 12.5 Å². The van der Waals surface area contributed by atoms with E-state index in [2.05, 4.69) is 16.3 Å². The van der Waals surface area contributed by atoms with Gasteiger partial charge in [0.05, 0.1) is 17.0 Å². The molecule has 0 radical (unpaired) electrons. The molecule has 1 atom stereocenters. The summed E-state index contributed by atoms with van der Waals surface area (Å²) in [5, 5.41) is 7.11. The maximum Gasteiger partial charge on any atom is 0.241 e. The van der Waals surface area contributed by atoms with Crippen molar-refractivity contribution in [2.75, 3.05) is 24.8 Å². The van der Waals surface area contributed by atoms with E-state index in [9.17, 15) is 4.79 Å². The number of carbonyl (C=O) groups is 1. The minimum absolute atomic E-state index is 0.0396. The summed E-state index contributed by atoms with van der Waals surface area (Å²) in [6, 6.07) is 1.86. The fraction of sp³-hybridized carbons (Fsp3) is 0.737. The summed E-state index contributed by atoms with van der Waals surface area (Å²) in [7, 11) is 1.50. The zero-order valence-corrected chi connectivity index (χ0v) is 16.4. The number of amides is 1. The van der Waals surface area contributed by atoms with Gasteiger partial charge in [-0.05, 0) is 51.2 Å². The van der Waals surface area contributed by atoms with Crippen molar-refractivity contribution in [1.29, 1.82) is 0 Å². The van der Waals surface area contributed by atoms with Crippen molar-refractivity contribution in [2.24, 2.45) is 5.92 Å². The van der Waals surface area contributed by atoms with Crippen LogP contribution in [0, 0.1) is 5.92 Å². The van der Waals surface area contributed by atoms with Crippen LogP contribution in [-0.2, 0) is 14.9 Å². The Balaban J connectivity index is 1.63. The quantitative estimate of drug-likeness (QED) is 0.707. The zero-order chi connectivity index (χ0) is 18.1. The van der Waals surface area contributed by atoms with E-state index in [1.54, 1.807) is 7.11 Å². The predicted octanol–water partition coefficient (Wildman–Crippen LogP) is 3.96. The molecule has 6 heteroatoms. The van der Waals surface area contributed by atoms with E-state index < -0.39 is 4.75 Å². The van der Waals surface area contributed by atoms with Gasteiger partial charge >= 0.3 is 0 Å². The summed E-state index contributed by atoms with van der Waals surface area (Å²) < 4.78 is 10.2. The number of carbonyl (C=O) groups excluding carboxylic acids is 1. The summed E-state index contributed by atoms with van der Waals surface area (Å²) in [5.74, 6) is 6.47. The van der Waals surface area contributed by atoms with E-state index in [0.717, 1.165) is 30.2 Å². The highest BCUT2D eigenvalue weighted by atomic mass is 32.2. The van der Waals surface area contributed by atoms with Gasteiger partial charge in [-0.15, -0.1) is 0 Å². The van der Waals surface area contributed by atoms with Crippen LogP contribution >= 0.6 is 10.5 Å². The molecule has 0 bridgehead atoms. The molecule has 25 heavy (non-hydrogen) atoms. The van der Waals surface area contributed by atoms with Gasteiger partial charge in [-0.1, -0.05) is 23.9 Å². The summed E-state index contributed by atoms with van der Waals surface area (Å²) in [4.78, 5) is 12.8. The maximum atomic E-state index is 12.8. The molecule has 140 valence electrons. The number of methoxy groups -OCH3 is 1. The maximum absolute atomic E-state index is 12.8. The highest BCUT2D eigenvalue weighted by Gasteiger charge is 2.42. The molecule has 0 spiro atoms. The molecule has 1 heterocycles. The Hall–Kier alpha value is -1.14. The first-order valence-electron chi connectivity index (χ1n) is 9.16. The van der Waals surface area contributed by atoms with Crippen LogP contribution < -0.4 is 5.32 Å². The third-order valence-corrected chi connectivity index (χ3v) is 8.45. The molecule has 0 aliphatic heterocycles. The third-order valence-electron chi connectivity index (χ3n) is 5.95. The van der Waals surface area contributed by atoms with Crippen molar-refractivity contribution in [3.63, 3.8) is 0 Å². The van der Waals surface area contributed by atoms with Gasteiger partial charge in [-0.2, -0.15) is 10.5 Å². The Bertz CT molecular complexity index is 645. The van der Waals surface area contributed by atoms with Gasteiger partial charge in [-0.25, -0.2) is 0 Å². The second kappa shape index (κ2) is 7.23. The SMILES string of the molecule is C=S(CC1CCC1)C(C)(C)C(=O)Nc1cc(C2(COC)CCC2)no1. The van der Waals surface area contributed by atoms with Gasteiger partial charge in [-0.3, -0.25) is 10.1 Å². The lowest BCUT2D eigenvalue weighted by Crippen LogP contribution is -2.39. The standard InChI is InChI=1S/C19H30N2O3S/c1-18(2,25(4)12-14-7-5-8-14)17(22)20-16-11-15(21-24-16)19(13-23-3)9-6-10-19/h11,14H,4-10,12-13H2,1-3H3,(H,20,22). The van der Waals surface area contributed by atoms with Crippen LogP contribution in [-0.4, -0.2) is 41.2 Å². The van der Waals surface area contributed by atoms with Crippen LogP contribution in [0.2, 0.25) is 0 Å². The van der Waals surface area contributed by atoms with Crippen molar-refractivity contribution in [2.45, 2.75) is 62.5 Å². The van der Waals surface area contributed by atoms with E-state index in [1.807, 2.05) is 19.9 Å². The number of hydrogen-bond donors (Lipinski definition) is 1. The van der Waals surface area contributed by atoms with Crippen LogP contribution in [0.4, 0.5) is 5.88 Å². The summed E-state index contributed by atoms with van der Waals surface area (Å²) >= 11 is 0. The lowest BCUT2D eigenvalue weighted by Gasteiger charge is -2.39. The Labute approximate surface area is 152 Å². The molecule has 1 N–H and O–H groups in total. The fourth-order valence-electron chi connectivity index (χ4n) is 3.48. The molecule has 1 amide bonds. The van der Waals surface area contributed by atoms with Crippen LogP contribution in [0.1, 0.15) is 58.1 Å². The monoisotopic (exact) mass is 366 g/mol. The van der Waals surface area contributed by atoms with E-state index in [1.165, 1.54) is 25.7 Å². The normalized spacial score (nSPS) is 21.2. The summed E-state index contributed by atoms with van der Waals surface area (Å²) in [5.41, 5.74) is 0.842. The molecule has 3 rings (SSSR count). The number of anilines is 1. The average molecular weight is 367 g/mol. The summed E-state index contributed by atoms with van der Waals surface area (Å²) in [6.45, 7) is 4.60. The minimum Gasteiger partial charge on any atom is -0.384 e. The van der Waals surface area contributed by atoms with Crippen LogP contribution in [0.25, 0.3) is 0 Å². The van der Waals surface area contributed by atoms with Crippen molar-refractivity contribution in [3.05, 3.63) is 11.8 Å². The Morgan fingerprint density at radius 3 is 2.72 bits per heavy atom. The fourth-order valence-corrected chi connectivity index (χ4v) is 5.12. The Kier molecular flexibility index (Phi) is 5.40. The number of rotatable bonds is 8. The molecular weight excluding hydrogens is 336 g/mol. The first-order chi connectivity index (χ1) is 11.9. The van der Waals surface area contributed by atoms with Crippen LogP contribution in [0.15, 0.2) is 10.6 Å². The first kappa shape index (κ1) is 18.6. The third kappa shape index (κ3) is 3.70. The van der Waals surface area contributed by atoms with Gasteiger partial charge in [0.25, 0.3) is 0 Å². The number of nitrogens with zero attached hydrogens (tertiary/aromatic N) is 1. The number of nitrogens with one attached hydrogen (secondary N) is 1. The Morgan fingerprint density at radius 1 is 1.48 bits per heavy atom. The molecule has 2 aliphatic carbocycles. The number of hydrogen-bond acceptors (Lipinski definition) is 4. The molecule has 2 saturated carbocycles. The average Bonchev–Trinajstić information content (AvgIpc) is 2.94.